The minimum absolute atomic E-state index is 0.271. The Hall–Kier alpha value is -1.09. The number of rotatable bonds is 4. The largest absolute Gasteiger partial charge is 0.490 e. The van der Waals surface area contributed by atoms with Gasteiger partial charge in [0.15, 0.2) is 11.6 Å². The SMILES string of the molecule is Cc1ccc(F)c(OCCC2CCCCN2)c1. The fraction of sp³-hybridized carbons (Fsp3) is 0.571. The molecule has 2 nitrogen and oxygen atoms in total. The molecule has 94 valence electrons. The molecule has 1 unspecified atom stereocenters. The molecule has 1 aromatic carbocycles. The van der Waals surface area contributed by atoms with Gasteiger partial charge in [-0.15, -0.1) is 0 Å². The first kappa shape index (κ1) is 12.4. The van der Waals surface area contributed by atoms with Crippen molar-refractivity contribution in [3.63, 3.8) is 0 Å². The van der Waals surface area contributed by atoms with Crippen LogP contribution in [0.15, 0.2) is 18.2 Å². The van der Waals surface area contributed by atoms with Crippen molar-refractivity contribution in [2.45, 2.75) is 38.6 Å². The summed E-state index contributed by atoms with van der Waals surface area (Å²) in [6.45, 7) is 3.62. The Kier molecular flexibility index (Phi) is 4.37. The Labute approximate surface area is 102 Å². The number of piperidine rings is 1. The Balaban J connectivity index is 1.79. The van der Waals surface area contributed by atoms with Gasteiger partial charge in [0.05, 0.1) is 6.61 Å². The van der Waals surface area contributed by atoms with Gasteiger partial charge < -0.3 is 10.1 Å². The zero-order valence-electron chi connectivity index (χ0n) is 10.3. The number of hydrogen-bond donors (Lipinski definition) is 1. The number of nitrogens with one attached hydrogen (secondary N) is 1. The Bertz CT molecular complexity index is 361. The van der Waals surface area contributed by atoms with E-state index in [1.165, 1.54) is 25.3 Å². The van der Waals surface area contributed by atoms with E-state index in [0.717, 1.165) is 18.5 Å². The molecule has 0 bridgehead atoms. The maximum absolute atomic E-state index is 13.4. The average Bonchev–Trinajstić information content (AvgIpc) is 2.35. The average molecular weight is 237 g/mol. The standard InChI is InChI=1S/C14H20FNO/c1-11-5-6-13(15)14(10-11)17-9-7-12-4-2-3-8-16-12/h5-6,10,12,16H,2-4,7-9H2,1H3. The van der Waals surface area contributed by atoms with Crippen LogP contribution in [0.2, 0.25) is 0 Å². The van der Waals surface area contributed by atoms with Gasteiger partial charge in [0, 0.05) is 6.04 Å². The van der Waals surface area contributed by atoms with Crippen molar-refractivity contribution in [3.8, 4) is 5.75 Å². The second kappa shape index (κ2) is 6.01. The molecule has 0 saturated carbocycles. The predicted octanol–water partition coefficient (Wildman–Crippen LogP) is 3.05. The molecule has 1 aliphatic rings. The minimum Gasteiger partial charge on any atom is -0.490 e. The van der Waals surface area contributed by atoms with Crippen LogP contribution in [0.25, 0.3) is 0 Å². The van der Waals surface area contributed by atoms with Crippen LogP contribution in [0.4, 0.5) is 4.39 Å². The van der Waals surface area contributed by atoms with Crippen LogP contribution >= 0.6 is 0 Å². The highest BCUT2D eigenvalue weighted by Gasteiger charge is 2.12. The van der Waals surface area contributed by atoms with Gasteiger partial charge in [0.1, 0.15) is 0 Å². The molecule has 0 radical (unpaired) electrons. The van der Waals surface area contributed by atoms with Gasteiger partial charge >= 0.3 is 0 Å². The van der Waals surface area contributed by atoms with Crippen molar-refractivity contribution in [1.29, 1.82) is 0 Å². The quantitative estimate of drug-likeness (QED) is 0.869. The van der Waals surface area contributed by atoms with E-state index < -0.39 is 0 Å². The maximum Gasteiger partial charge on any atom is 0.165 e. The summed E-state index contributed by atoms with van der Waals surface area (Å²) < 4.78 is 18.9. The van der Waals surface area contributed by atoms with Gasteiger partial charge in [0.25, 0.3) is 0 Å². The van der Waals surface area contributed by atoms with Gasteiger partial charge in [-0.2, -0.15) is 0 Å². The number of halogens is 1. The molecule has 0 amide bonds. The van der Waals surface area contributed by atoms with Gasteiger partial charge in [-0.25, -0.2) is 4.39 Å². The first-order valence-electron chi connectivity index (χ1n) is 6.38. The lowest BCUT2D eigenvalue weighted by molar-refractivity contribution is 0.259. The summed E-state index contributed by atoms with van der Waals surface area (Å²) in [5, 5.41) is 3.46. The second-order valence-electron chi connectivity index (χ2n) is 4.72. The van der Waals surface area contributed by atoms with Crippen molar-refractivity contribution in [3.05, 3.63) is 29.6 Å². The third kappa shape index (κ3) is 3.70. The molecule has 17 heavy (non-hydrogen) atoms. The molecule has 1 heterocycles. The Morgan fingerprint density at radius 2 is 2.29 bits per heavy atom. The van der Waals surface area contributed by atoms with Gasteiger partial charge in [-0.3, -0.25) is 0 Å². The molecular formula is C14H20FNO. The second-order valence-corrected chi connectivity index (χ2v) is 4.72. The molecule has 1 aliphatic heterocycles. The van der Waals surface area contributed by atoms with Gasteiger partial charge in [-0.05, 0) is 50.4 Å². The van der Waals surface area contributed by atoms with E-state index in [-0.39, 0.29) is 5.82 Å². The number of benzene rings is 1. The molecule has 0 aliphatic carbocycles. The van der Waals surface area contributed by atoms with Crippen LogP contribution in [0, 0.1) is 12.7 Å². The molecule has 2 rings (SSSR count). The van der Waals surface area contributed by atoms with E-state index in [1.807, 2.05) is 6.92 Å². The number of aryl methyl sites for hydroxylation is 1. The summed E-state index contributed by atoms with van der Waals surface area (Å²) >= 11 is 0. The normalized spacial score (nSPS) is 20.2. The zero-order valence-corrected chi connectivity index (χ0v) is 10.3. The van der Waals surface area contributed by atoms with Crippen LogP contribution in [0.1, 0.15) is 31.2 Å². The lowest BCUT2D eigenvalue weighted by Gasteiger charge is -2.23. The van der Waals surface area contributed by atoms with Crippen molar-refractivity contribution >= 4 is 0 Å². The lowest BCUT2D eigenvalue weighted by Crippen LogP contribution is -2.35. The van der Waals surface area contributed by atoms with E-state index >= 15 is 0 Å². The van der Waals surface area contributed by atoms with Crippen molar-refractivity contribution < 1.29 is 9.13 Å². The van der Waals surface area contributed by atoms with E-state index in [1.54, 1.807) is 12.1 Å². The lowest BCUT2D eigenvalue weighted by atomic mass is 10.0. The third-order valence-corrected chi connectivity index (χ3v) is 3.22. The molecule has 1 N–H and O–H groups in total. The van der Waals surface area contributed by atoms with Gasteiger partial charge in [-0.1, -0.05) is 12.5 Å². The Morgan fingerprint density at radius 3 is 3.06 bits per heavy atom. The van der Waals surface area contributed by atoms with Gasteiger partial charge in [0.2, 0.25) is 0 Å². The summed E-state index contributed by atoms with van der Waals surface area (Å²) in [5.74, 6) is 0.105. The van der Waals surface area contributed by atoms with Crippen LogP contribution in [-0.2, 0) is 0 Å². The van der Waals surface area contributed by atoms with E-state index in [9.17, 15) is 4.39 Å². The first-order chi connectivity index (χ1) is 8.25. The van der Waals surface area contributed by atoms with E-state index in [4.69, 9.17) is 4.74 Å². The molecule has 3 heteroatoms. The highest BCUT2D eigenvalue weighted by molar-refractivity contribution is 5.29. The van der Waals surface area contributed by atoms with Crippen LogP contribution in [0.3, 0.4) is 0 Å². The topological polar surface area (TPSA) is 21.3 Å². The van der Waals surface area contributed by atoms with Crippen molar-refractivity contribution in [2.24, 2.45) is 0 Å². The fourth-order valence-corrected chi connectivity index (χ4v) is 2.20. The molecule has 1 aromatic rings. The maximum atomic E-state index is 13.4. The summed E-state index contributed by atoms with van der Waals surface area (Å²) in [5.41, 5.74) is 1.03. The first-order valence-corrected chi connectivity index (χ1v) is 6.38. The fourth-order valence-electron chi connectivity index (χ4n) is 2.20. The highest BCUT2D eigenvalue weighted by atomic mass is 19.1. The molecule has 0 spiro atoms. The summed E-state index contributed by atoms with van der Waals surface area (Å²) in [6, 6.07) is 5.51. The van der Waals surface area contributed by atoms with Crippen molar-refractivity contribution in [1.82, 2.24) is 5.32 Å². The van der Waals surface area contributed by atoms with E-state index in [2.05, 4.69) is 5.32 Å². The predicted molar refractivity (Wildman–Crippen MR) is 66.9 cm³/mol. The number of ether oxygens (including phenoxy) is 1. The smallest absolute Gasteiger partial charge is 0.165 e. The molecule has 1 atom stereocenters. The Morgan fingerprint density at radius 1 is 1.41 bits per heavy atom. The molecule has 0 aromatic heterocycles. The number of hydrogen-bond acceptors (Lipinski definition) is 2. The monoisotopic (exact) mass is 237 g/mol. The minimum atomic E-state index is -0.271. The van der Waals surface area contributed by atoms with Crippen molar-refractivity contribution in [2.75, 3.05) is 13.2 Å². The van der Waals surface area contributed by atoms with Crippen LogP contribution < -0.4 is 10.1 Å². The molecule has 1 fully saturated rings. The van der Waals surface area contributed by atoms with Crippen LogP contribution in [0.5, 0.6) is 5.75 Å². The third-order valence-electron chi connectivity index (χ3n) is 3.22. The summed E-state index contributed by atoms with van der Waals surface area (Å²) in [6.07, 6.45) is 4.72. The zero-order chi connectivity index (χ0) is 12.1. The molecule has 1 saturated heterocycles. The molecular weight excluding hydrogens is 217 g/mol. The van der Waals surface area contributed by atoms with E-state index in [0.29, 0.717) is 18.4 Å². The van der Waals surface area contributed by atoms with Crippen LogP contribution in [-0.4, -0.2) is 19.2 Å². The summed E-state index contributed by atoms with van der Waals surface area (Å²) in [7, 11) is 0. The highest BCUT2D eigenvalue weighted by Crippen LogP contribution is 2.19. The summed E-state index contributed by atoms with van der Waals surface area (Å²) in [4.78, 5) is 0.